The highest BCUT2D eigenvalue weighted by Gasteiger charge is 2.53. The van der Waals surface area contributed by atoms with Gasteiger partial charge in [-0.05, 0) is 54.3 Å². The van der Waals surface area contributed by atoms with E-state index in [2.05, 4.69) is 10.3 Å². The number of fused-ring (bicyclic) bond motifs is 4. The van der Waals surface area contributed by atoms with Crippen molar-refractivity contribution >= 4 is 34.4 Å². The number of carbonyl (C=O) groups excluding carboxylic acids is 3. The zero-order chi connectivity index (χ0) is 28.8. The molecule has 1 saturated carbocycles. The third-order valence-corrected chi connectivity index (χ3v) is 9.06. The van der Waals surface area contributed by atoms with E-state index in [-0.39, 0.29) is 29.4 Å². The predicted molar refractivity (Wildman–Crippen MR) is 159 cm³/mol. The molecule has 0 bridgehead atoms. The van der Waals surface area contributed by atoms with Crippen molar-refractivity contribution in [3.05, 3.63) is 101 Å². The Kier molecular flexibility index (Phi) is 6.76. The molecule has 4 aromatic rings. The van der Waals surface area contributed by atoms with Crippen molar-refractivity contribution in [3.8, 4) is 0 Å². The van der Waals surface area contributed by atoms with Gasteiger partial charge in [0.25, 0.3) is 11.8 Å². The normalized spacial score (nSPS) is 21.2. The quantitative estimate of drug-likeness (QED) is 0.273. The first kappa shape index (κ1) is 26.4. The van der Waals surface area contributed by atoms with E-state index < -0.39 is 18.1 Å². The Morgan fingerprint density at radius 1 is 0.857 bits per heavy atom. The molecule has 2 N–H and O–H groups in total. The van der Waals surface area contributed by atoms with Gasteiger partial charge in [0, 0.05) is 29.1 Å². The van der Waals surface area contributed by atoms with Crippen molar-refractivity contribution in [1.82, 2.24) is 15.2 Å². The monoisotopic (exact) mass is 564 g/mol. The third kappa shape index (κ3) is 4.46. The lowest BCUT2D eigenvalue weighted by molar-refractivity contribution is -0.120. The molecule has 214 valence electrons. The Morgan fingerprint density at radius 2 is 1.55 bits per heavy atom. The second-order valence-electron chi connectivity index (χ2n) is 11.6. The number of nitrogens with zero attached hydrogens (tertiary/aromatic N) is 2. The van der Waals surface area contributed by atoms with E-state index in [1.165, 1.54) is 36.3 Å². The second-order valence-corrected chi connectivity index (χ2v) is 11.6. The molecule has 2 fully saturated rings. The Hall–Kier alpha value is -4.46. The summed E-state index contributed by atoms with van der Waals surface area (Å²) in [5, 5.41) is 4.18. The van der Waals surface area contributed by atoms with Gasteiger partial charge in [0.15, 0.2) is 0 Å². The maximum absolute atomic E-state index is 14.3. The van der Waals surface area contributed by atoms with Crippen LogP contribution >= 0.6 is 0 Å². The number of hydrogen-bond acceptors (Lipinski definition) is 3. The summed E-state index contributed by atoms with van der Waals surface area (Å²) in [4.78, 5) is 48.3. The molecule has 8 heteroatoms. The Balaban J connectivity index is 1.27. The lowest BCUT2D eigenvalue weighted by atomic mass is 9.89. The maximum atomic E-state index is 14.3. The SMILES string of the molecule is O=C(NC1CCCCCCC1)c1ccccc1N1C(=O)[C@@H]2Cc3c([nH]c4ccccc34)[C@H](c3ccc(F)cc3)N2C1=O. The van der Waals surface area contributed by atoms with Crippen molar-refractivity contribution in [2.24, 2.45) is 0 Å². The first-order chi connectivity index (χ1) is 20.5. The molecule has 0 spiro atoms. The van der Waals surface area contributed by atoms with E-state index in [9.17, 15) is 18.8 Å². The molecule has 2 aliphatic heterocycles. The molecule has 0 radical (unpaired) electrons. The summed E-state index contributed by atoms with van der Waals surface area (Å²) in [6, 6.07) is 19.0. The van der Waals surface area contributed by atoms with E-state index in [1.807, 2.05) is 24.3 Å². The van der Waals surface area contributed by atoms with Crippen molar-refractivity contribution in [2.75, 3.05) is 4.90 Å². The summed E-state index contributed by atoms with van der Waals surface area (Å²) < 4.78 is 13.9. The van der Waals surface area contributed by atoms with Crippen molar-refractivity contribution in [1.29, 1.82) is 0 Å². The van der Waals surface area contributed by atoms with Crippen LogP contribution in [0.3, 0.4) is 0 Å². The first-order valence-electron chi connectivity index (χ1n) is 14.9. The molecule has 4 amide bonds. The van der Waals surface area contributed by atoms with E-state index in [0.29, 0.717) is 17.5 Å². The van der Waals surface area contributed by atoms with Gasteiger partial charge in [0.2, 0.25) is 0 Å². The molecule has 3 heterocycles. The number of carbonyl (C=O) groups is 3. The molecule has 1 saturated heterocycles. The highest BCUT2D eigenvalue weighted by molar-refractivity contribution is 6.24. The Bertz CT molecular complexity index is 1670. The van der Waals surface area contributed by atoms with Crippen molar-refractivity contribution < 1.29 is 18.8 Å². The molecule has 7 rings (SSSR count). The minimum absolute atomic E-state index is 0.0725. The second kappa shape index (κ2) is 10.7. The summed E-state index contributed by atoms with van der Waals surface area (Å²) in [6.45, 7) is 0. The fourth-order valence-corrected chi connectivity index (χ4v) is 7.01. The molecule has 3 aromatic carbocycles. The highest BCUT2D eigenvalue weighted by Crippen LogP contribution is 2.45. The van der Waals surface area contributed by atoms with Gasteiger partial charge in [-0.1, -0.05) is 74.6 Å². The van der Waals surface area contributed by atoms with Gasteiger partial charge in [-0.15, -0.1) is 0 Å². The highest BCUT2D eigenvalue weighted by atomic mass is 19.1. The summed E-state index contributed by atoms with van der Waals surface area (Å²) in [5.74, 6) is -1.01. The van der Waals surface area contributed by atoms with Crippen LogP contribution in [0.2, 0.25) is 0 Å². The Morgan fingerprint density at radius 3 is 2.33 bits per heavy atom. The standard InChI is InChI=1S/C34H33FN4O3/c35-22-18-16-21(17-19-22)31-30-26(24-12-6-8-14-27(24)37-30)20-29-33(41)39(34(42)38(29)31)28-15-9-7-13-25(28)32(40)36-23-10-4-2-1-3-5-11-23/h6-9,12-19,23,29,31,37H,1-5,10-11,20H2,(H,36,40)/t29-,31-/m0/s1. The van der Waals surface area contributed by atoms with Crippen LogP contribution in [0.25, 0.3) is 10.9 Å². The number of halogens is 1. The first-order valence-corrected chi connectivity index (χ1v) is 14.9. The molecule has 2 atom stereocenters. The molecule has 0 unspecified atom stereocenters. The van der Waals surface area contributed by atoms with E-state index in [4.69, 9.17) is 0 Å². The van der Waals surface area contributed by atoms with Gasteiger partial charge in [-0.25, -0.2) is 14.1 Å². The number of rotatable bonds is 4. The van der Waals surface area contributed by atoms with Crippen LogP contribution in [0.4, 0.5) is 14.9 Å². The molecule has 42 heavy (non-hydrogen) atoms. The zero-order valence-electron chi connectivity index (χ0n) is 23.3. The molecular formula is C34H33FN4O3. The van der Waals surface area contributed by atoms with Gasteiger partial charge in [-0.3, -0.25) is 14.5 Å². The fourth-order valence-electron chi connectivity index (χ4n) is 7.01. The molecular weight excluding hydrogens is 531 g/mol. The van der Waals surface area contributed by atoms with E-state index in [0.717, 1.165) is 47.8 Å². The lowest BCUT2D eigenvalue weighted by Gasteiger charge is -2.36. The summed E-state index contributed by atoms with van der Waals surface area (Å²) in [6.07, 6.45) is 7.92. The number of anilines is 1. The summed E-state index contributed by atoms with van der Waals surface area (Å²) in [5.41, 5.74) is 4.01. The van der Waals surface area contributed by atoms with Crippen LogP contribution in [-0.4, -0.2) is 39.8 Å². The molecule has 7 nitrogen and oxygen atoms in total. The third-order valence-electron chi connectivity index (χ3n) is 9.06. The topological polar surface area (TPSA) is 85.5 Å². The smallest absolute Gasteiger partial charge is 0.332 e. The summed E-state index contributed by atoms with van der Waals surface area (Å²) in [7, 11) is 0. The number of urea groups is 1. The number of aromatic amines is 1. The number of aromatic nitrogens is 1. The zero-order valence-corrected chi connectivity index (χ0v) is 23.3. The lowest BCUT2D eigenvalue weighted by Crippen LogP contribution is -2.44. The minimum atomic E-state index is -0.763. The number of amides is 4. The number of nitrogens with one attached hydrogen (secondary N) is 2. The summed E-state index contributed by atoms with van der Waals surface area (Å²) >= 11 is 0. The Labute approximate surface area is 243 Å². The van der Waals surface area contributed by atoms with Gasteiger partial charge in [-0.2, -0.15) is 0 Å². The number of imide groups is 1. The molecule has 1 aliphatic carbocycles. The minimum Gasteiger partial charge on any atom is -0.356 e. The number of para-hydroxylation sites is 2. The van der Waals surface area contributed by atoms with Crippen molar-refractivity contribution in [2.45, 2.75) is 69.5 Å². The van der Waals surface area contributed by atoms with Crippen LogP contribution in [0.15, 0.2) is 72.8 Å². The largest absolute Gasteiger partial charge is 0.356 e. The van der Waals surface area contributed by atoms with Gasteiger partial charge in [0.1, 0.15) is 17.9 Å². The predicted octanol–water partition coefficient (Wildman–Crippen LogP) is 6.63. The van der Waals surface area contributed by atoms with Crippen LogP contribution in [0.5, 0.6) is 0 Å². The van der Waals surface area contributed by atoms with Crippen LogP contribution in [0, 0.1) is 5.82 Å². The van der Waals surface area contributed by atoms with Gasteiger partial charge in [0.05, 0.1) is 11.3 Å². The number of benzene rings is 3. The molecule has 1 aromatic heterocycles. The average Bonchev–Trinajstić information content (AvgIpc) is 3.48. The molecule has 3 aliphatic rings. The maximum Gasteiger partial charge on any atom is 0.332 e. The van der Waals surface area contributed by atoms with Crippen LogP contribution in [0.1, 0.15) is 78.2 Å². The van der Waals surface area contributed by atoms with Gasteiger partial charge >= 0.3 is 6.03 Å². The van der Waals surface area contributed by atoms with Crippen molar-refractivity contribution in [3.63, 3.8) is 0 Å². The van der Waals surface area contributed by atoms with Crippen LogP contribution < -0.4 is 10.2 Å². The van der Waals surface area contributed by atoms with E-state index in [1.54, 1.807) is 41.3 Å². The van der Waals surface area contributed by atoms with Gasteiger partial charge < -0.3 is 10.3 Å². The number of H-pyrrole nitrogens is 1. The van der Waals surface area contributed by atoms with E-state index >= 15 is 0 Å². The average molecular weight is 565 g/mol. The van der Waals surface area contributed by atoms with Crippen LogP contribution in [-0.2, 0) is 11.2 Å². The number of hydrogen-bond donors (Lipinski definition) is 2. The fraction of sp³-hybridized carbons (Fsp3) is 0.324.